The molecule has 0 amide bonds. The maximum Gasteiger partial charge on any atom is 0.150 e. The number of aldehydes is 1. The number of phenolic OH excluding ortho intramolecular Hbond substituents is 1. The Hall–Kier alpha value is -3.14. The molecule has 0 saturated carbocycles. The predicted octanol–water partition coefficient (Wildman–Crippen LogP) is 4.46. The summed E-state index contributed by atoms with van der Waals surface area (Å²) in [6.45, 7) is 4.26. The van der Waals surface area contributed by atoms with Gasteiger partial charge in [-0.1, -0.05) is 6.07 Å². The Morgan fingerprint density at radius 3 is 2.36 bits per heavy atom. The summed E-state index contributed by atoms with van der Waals surface area (Å²) in [4.78, 5) is 15.4. The van der Waals surface area contributed by atoms with E-state index in [-0.39, 0.29) is 5.75 Å². The van der Waals surface area contributed by atoms with E-state index in [0.29, 0.717) is 17.9 Å². The quantitative estimate of drug-likeness (QED) is 0.700. The zero-order chi connectivity index (χ0) is 17.8. The van der Waals surface area contributed by atoms with Gasteiger partial charge in [0.15, 0.2) is 0 Å². The van der Waals surface area contributed by atoms with Crippen LogP contribution in [0.1, 0.15) is 27.2 Å². The number of aromatic nitrogens is 1. The van der Waals surface area contributed by atoms with E-state index < -0.39 is 0 Å². The van der Waals surface area contributed by atoms with Crippen LogP contribution in [0, 0.1) is 13.8 Å². The number of carbonyl (C=O) groups is 1. The second-order valence-electron chi connectivity index (χ2n) is 5.94. The van der Waals surface area contributed by atoms with Gasteiger partial charge in [0.25, 0.3) is 0 Å². The highest BCUT2D eigenvalue weighted by Crippen LogP contribution is 2.29. The van der Waals surface area contributed by atoms with E-state index in [1.807, 2.05) is 32.0 Å². The van der Waals surface area contributed by atoms with Gasteiger partial charge in [-0.2, -0.15) is 0 Å². The van der Waals surface area contributed by atoms with Crippen molar-refractivity contribution in [3.8, 4) is 22.8 Å². The van der Waals surface area contributed by atoms with E-state index in [1.54, 1.807) is 36.4 Å². The summed E-state index contributed by atoms with van der Waals surface area (Å²) >= 11 is 0. The Morgan fingerprint density at radius 2 is 1.72 bits per heavy atom. The van der Waals surface area contributed by atoms with Crippen LogP contribution in [0.4, 0.5) is 0 Å². The summed E-state index contributed by atoms with van der Waals surface area (Å²) in [5.41, 5.74) is 5.26. The highest BCUT2D eigenvalue weighted by molar-refractivity contribution is 5.74. The highest BCUT2D eigenvalue weighted by atomic mass is 16.5. The average molecular weight is 333 g/mol. The van der Waals surface area contributed by atoms with Crippen molar-refractivity contribution in [2.75, 3.05) is 0 Å². The summed E-state index contributed by atoms with van der Waals surface area (Å²) in [5.74, 6) is 0.951. The lowest BCUT2D eigenvalue weighted by atomic mass is 9.99. The first-order chi connectivity index (χ1) is 12.1. The van der Waals surface area contributed by atoms with Crippen LogP contribution in [0.2, 0.25) is 0 Å². The summed E-state index contributed by atoms with van der Waals surface area (Å²) < 4.78 is 5.74. The largest absolute Gasteiger partial charge is 0.508 e. The van der Waals surface area contributed by atoms with Gasteiger partial charge < -0.3 is 9.84 Å². The van der Waals surface area contributed by atoms with E-state index >= 15 is 0 Å². The number of hydrogen-bond donors (Lipinski definition) is 1. The van der Waals surface area contributed by atoms with E-state index in [4.69, 9.17) is 4.74 Å². The molecule has 3 aromatic rings. The zero-order valence-corrected chi connectivity index (χ0v) is 14.2. The number of aryl methyl sites for hydroxylation is 2. The SMILES string of the molecule is Cc1cc(O)cc(C)c1-c1cccc(COc2ccc(C=O)cc2)n1. The standard InChI is InChI=1S/C21H19NO3/c1-14-10-18(24)11-15(2)21(14)20-5-3-4-17(22-20)13-25-19-8-6-16(12-23)7-9-19/h3-12,24H,13H2,1-2H3. The Kier molecular flexibility index (Phi) is 4.80. The minimum atomic E-state index is 0.261. The first kappa shape index (κ1) is 16.7. The fourth-order valence-corrected chi connectivity index (χ4v) is 2.84. The molecule has 0 saturated heterocycles. The lowest BCUT2D eigenvalue weighted by Gasteiger charge is -2.12. The molecule has 0 aliphatic rings. The molecule has 126 valence electrons. The van der Waals surface area contributed by atoms with Crippen LogP contribution >= 0.6 is 0 Å². The maximum atomic E-state index is 10.7. The van der Waals surface area contributed by atoms with Crippen molar-refractivity contribution in [3.63, 3.8) is 0 Å². The van der Waals surface area contributed by atoms with Crippen LogP contribution in [-0.2, 0) is 6.61 Å². The van der Waals surface area contributed by atoms with Gasteiger partial charge in [0.2, 0.25) is 0 Å². The minimum Gasteiger partial charge on any atom is -0.508 e. The Morgan fingerprint density at radius 1 is 1.04 bits per heavy atom. The van der Waals surface area contributed by atoms with E-state index in [9.17, 15) is 9.90 Å². The monoisotopic (exact) mass is 333 g/mol. The zero-order valence-electron chi connectivity index (χ0n) is 14.2. The fraction of sp³-hybridized carbons (Fsp3) is 0.143. The Balaban J connectivity index is 1.81. The lowest BCUT2D eigenvalue weighted by Crippen LogP contribution is -2.00. The molecule has 2 aromatic carbocycles. The van der Waals surface area contributed by atoms with Crippen molar-refractivity contribution in [2.45, 2.75) is 20.5 Å². The van der Waals surface area contributed by atoms with Gasteiger partial charge in [-0.3, -0.25) is 4.79 Å². The molecule has 0 radical (unpaired) electrons. The van der Waals surface area contributed by atoms with Gasteiger partial charge in [-0.05, 0) is 73.5 Å². The van der Waals surface area contributed by atoms with Gasteiger partial charge in [0.05, 0.1) is 11.4 Å². The number of hydrogen-bond acceptors (Lipinski definition) is 4. The molecule has 4 nitrogen and oxygen atoms in total. The molecule has 0 aliphatic carbocycles. The molecule has 1 N–H and O–H groups in total. The fourth-order valence-electron chi connectivity index (χ4n) is 2.84. The second kappa shape index (κ2) is 7.18. The second-order valence-corrected chi connectivity index (χ2v) is 5.94. The van der Waals surface area contributed by atoms with Crippen molar-refractivity contribution < 1.29 is 14.6 Å². The summed E-state index contributed by atoms with van der Waals surface area (Å²) in [7, 11) is 0. The van der Waals surface area contributed by atoms with Crippen molar-refractivity contribution >= 4 is 6.29 Å². The maximum absolute atomic E-state index is 10.7. The van der Waals surface area contributed by atoms with Gasteiger partial charge in [-0.25, -0.2) is 4.98 Å². The third-order valence-corrected chi connectivity index (χ3v) is 3.98. The molecule has 0 unspecified atom stereocenters. The first-order valence-electron chi connectivity index (χ1n) is 8.01. The summed E-state index contributed by atoms with van der Waals surface area (Å²) in [6, 6.07) is 16.3. The van der Waals surface area contributed by atoms with E-state index in [2.05, 4.69) is 4.98 Å². The molecule has 0 atom stereocenters. The van der Waals surface area contributed by atoms with E-state index in [1.165, 1.54) is 0 Å². The molecule has 1 aromatic heterocycles. The van der Waals surface area contributed by atoms with E-state index in [0.717, 1.165) is 34.4 Å². The third-order valence-electron chi connectivity index (χ3n) is 3.98. The van der Waals surface area contributed by atoms with Crippen molar-refractivity contribution in [1.29, 1.82) is 0 Å². The van der Waals surface area contributed by atoms with Gasteiger partial charge in [-0.15, -0.1) is 0 Å². The highest BCUT2D eigenvalue weighted by Gasteiger charge is 2.09. The Bertz CT molecular complexity index is 878. The molecule has 4 heteroatoms. The summed E-state index contributed by atoms with van der Waals surface area (Å²) in [5, 5.41) is 9.71. The van der Waals surface area contributed by atoms with Crippen LogP contribution < -0.4 is 4.74 Å². The van der Waals surface area contributed by atoms with Crippen LogP contribution in [0.5, 0.6) is 11.5 Å². The van der Waals surface area contributed by atoms with Gasteiger partial charge in [0, 0.05) is 11.1 Å². The topological polar surface area (TPSA) is 59.4 Å². The number of nitrogens with zero attached hydrogens (tertiary/aromatic N) is 1. The number of ether oxygens (including phenoxy) is 1. The molecule has 3 rings (SSSR count). The lowest BCUT2D eigenvalue weighted by molar-refractivity contribution is 0.112. The van der Waals surface area contributed by atoms with Gasteiger partial charge in [0.1, 0.15) is 24.4 Å². The predicted molar refractivity (Wildman–Crippen MR) is 97.0 cm³/mol. The number of aromatic hydroxyl groups is 1. The molecule has 0 aliphatic heterocycles. The molecule has 0 bridgehead atoms. The molecular formula is C21H19NO3. The van der Waals surface area contributed by atoms with Crippen LogP contribution in [0.25, 0.3) is 11.3 Å². The summed E-state index contributed by atoms with van der Waals surface area (Å²) in [6.07, 6.45) is 0.803. The molecule has 1 heterocycles. The first-order valence-corrected chi connectivity index (χ1v) is 8.01. The molecule has 0 fully saturated rings. The van der Waals surface area contributed by atoms with Crippen LogP contribution in [-0.4, -0.2) is 16.4 Å². The van der Waals surface area contributed by atoms with Crippen molar-refractivity contribution in [2.24, 2.45) is 0 Å². The van der Waals surface area contributed by atoms with Crippen LogP contribution in [0.15, 0.2) is 54.6 Å². The number of carbonyl (C=O) groups excluding carboxylic acids is 1. The molecule has 0 spiro atoms. The molecule has 25 heavy (non-hydrogen) atoms. The van der Waals surface area contributed by atoms with Crippen molar-refractivity contribution in [1.82, 2.24) is 4.98 Å². The minimum absolute atomic E-state index is 0.261. The average Bonchev–Trinajstić information content (AvgIpc) is 2.60. The number of pyridine rings is 1. The number of rotatable bonds is 5. The van der Waals surface area contributed by atoms with Crippen molar-refractivity contribution in [3.05, 3.63) is 77.0 Å². The molecular weight excluding hydrogens is 314 g/mol. The number of benzene rings is 2. The normalized spacial score (nSPS) is 10.5. The third kappa shape index (κ3) is 3.86. The number of phenols is 1. The van der Waals surface area contributed by atoms with Crippen LogP contribution in [0.3, 0.4) is 0 Å². The smallest absolute Gasteiger partial charge is 0.150 e. The van der Waals surface area contributed by atoms with Gasteiger partial charge >= 0.3 is 0 Å². The Labute approximate surface area is 146 Å².